The molecule has 0 saturated carbocycles. The lowest BCUT2D eigenvalue weighted by molar-refractivity contribution is 0.673. The van der Waals surface area contributed by atoms with Crippen LogP contribution in [0.1, 0.15) is 0 Å². The van der Waals surface area contributed by atoms with Gasteiger partial charge in [-0.2, -0.15) is 0 Å². The van der Waals surface area contributed by atoms with Crippen molar-refractivity contribution in [3.8, 4) is 45.7 Å². The molecule has 0 aliphatic rings. The topological polar surface area (TPSA) is 90.5 Å². The van der Waals surface area contributed by atoms with Crippen LogP contribution in [0.15, 0.2) is 138 Å². The van der Waals surface area contributed by atoms with Gasteiger partial charge in [-0.05, 0) is 42.5 Å². The van der Waals surface area contributed by atoms with Gasteiger partial charge in [-0.3, -0.25) is 9.97 Å². The number of aromatic nitrogens is 6. The van der Waals surface area contributed by atoms with E-state index >= 15 is 0 Å². The van der Waals surface area contributed by atoms with Gasteiger partial charge in [-0.25, -0.2) is 19.9 Å². The van der Waals surface area contributed by atoms with E-state index in [9.17, 15) is 0 Å². The number of fused-ring (bicyclic) bond motifs is 7. The fraction of sp³-hybridized carbons (Fsp3) is 0. The summed E-state index contributed by atoms with van der Waals surface area (Å²) in [6.07, 6.45) is 3.46. The van der Waals surface area contributed by atoms with Crippen molar-refractivity contribution in [1.29, 1.82) is 0 Å². The summed E-state index contributed by atoms with van der Waals surface area (Å²) in [4.78, 5) is 28.4. The lowest BCUT2D eigenvalue weighted by Gasteiger charge is -2.11. The molecule has 7 nitrogen and oxygen atoms in total. The van der Waals surface area contributed by atoms with Crippen LogP contribution in [0.2, 0.25) is 0 Å². The average molecular weight is 579 g/mol. The summed E-state index contributed by atoms with van der Waals surface area (Å²) in [6, 6.07) is 40.2. The van der Waals surface area contributed by atoms with Crippen LogP contribution in [0.3, 0.4) is 0 Å². The molecule has 5 aromatic heterocycles. The van der Waals surface area contributed by atoms with Crippen LogP contribution in [-0.4, -0.2) is 29.9 Å². The Morgan fingerprint density at radius 3 is 1.73 bits per heavy atom. The van der Waals surface area contributed by atoms with Gasteiger partial charge in [-0.1, -0.05) is 78.9 Å². The minimum Gasteiger partial charge on any atom is -0.455 e. The van der Waals surface area contributed by atoms with Crippen molar-refractivity contribution in [3.63, 3.8) is 0 Å². The molecule has 0 atom stereocenters. The second-order valence-electron chi connectivity index (χ2n) is 10.8. The largest absolute Gasteiger partial charge is 0.455 e. The van der Waals surface area contributed by atoms with Gasteiger partial charge >= 0.3 is 0 Å². The SMILES string of the molecule is c1ccc(-c2nc(-c3ccc(-c4nc5ccccc5c5c4ccc4c6ccccc6oc45)cc3)nc(-c3ccccn3)n2)nc1. The Morgan fingerprint density at radius 1 is 0.422 bits per heavy atom. The normalized spacial score (nSPS) is 11.6. The molecule has 210 valence electrons. The molecule has 0 unspecified atom stereocenters. The number of hydrogen-bond acceptors (Lipinski definition) is 7. The molecule has 0 radical (unpaired) electrons. The smallest absolute Gasteiger partial charge is 0.182 e. The van der Waals surface area contributed by atoms with Crippen molar-refractivity contribution in [2.75, 3.05) is 0 Å². The molecular weight excluding hydrogens is 556 g/mol. The molecule has 7 heteroatoms. The summed E-state index contributed by atoms with van der Waals surface area (Å²) in [7, 11) is 0. The van der Waals surface area contributed by atoms with E-state index < -0.39 is 0 Å². The monoisotopic (exact) mass is 578 g/mol. The second-order valence-corrected chi connectivity index (χ2v) is 10.8. The predicted octanol–water partition coefficient (Wildman–Crippen LogP) is 8.93. The summed E-state index contributed by atoms with van der Waals surface area (Å²) in [5.41, 5.74) is 6.71. The summed E-state index contributed by atoms with van der Waals surface area (Å²) >= 11 is 0. The van der Waals surface area contributed by atoms with Crippen molar-refractivity contribution in [1.82, 2.24) is 29.9 Å². The minimum atomic E-state index is 0.488. The van der Waals surface area contributed by atoms with Gasteiger partial charge in [0.1, 0.15) is 22.6 Å². The Hall–Kier alpha value is -6.34. The van der Waals surface area contributed by atoms with E-state index in [4.69, 9.17) is 24.4 Å². The zero-order valence-corrected chi connectivity index (χ0v) is 23.8. The molecule has 45 heavy (non-hydrogen) atoms. The number of nitrogens with zero attached hydrogens (tertiary/aromatic N) is 6. The first-order valence-corrected chi connectivity index (χ1v) is 14.6. The van der Waals surface area contributed by atoms with Crippen LogP contribution in [0.4, 0.5) is 0 Å². The third-order valence-corrected chi connectivity index (χ3v) is 8.05. The fourth-order valence-corrected chi connectivity index (χ4v) is 5.94. The maximum atomic E-state index is 6.48. The number of para-hydroxylation sites is 2. The lowest BCUT2D eigenvalue weighted by atomic mass is 9.97. The third kappa shape index (κ3) is 4.21. The predicted molar refractivity (Wildman–Crippen MR) is 177 cm³/mol. The van der Waals surface area contributed by atoms with E-state index in [1.807, 2.05) is 78.9 Å². The van der Waals surface area contributed by atoms with E-state index in [-0.39, 0.29) is 0 Å². The Kier molecular flexibility index (Phi) is 5.67. The van der Waals surface area contributed by atoms with Crippen LogP contribution in [0.25, 0.3) is 89.3 Å². The van der Waals surface area contributed by atoms with Crippen LogP contribution in [0, 0.1) is 0 Å². The van der Waals surface area contributed by atoms with Gasteiger partial charge in [0.15, 0.2) is 17.5 Å². The number of hydrogen-bond donors (Lipinski definition) is 0. The maximum Gasteiger partial charge on any atom is 0.182 e. The molecule has 0 N–H and O–H groups in total. The number of furan rings is 1. The quantitative estimate of drug-likeness (QED) is 0.193. The number of pyridine rings is 3. The van der Waals surface area contributed by atoms with E-state index in [1.54, 1.807) is 12.4 Å². The molecule has 0 aliphatic heterocycles. The average Bonchev–Trinajstić information content (AvgIpc) is 3.51. The van der Waals surface area contributed by atoms with Crippen molar-refractivity contribution in [2.24, 2.45) is 0 Å². The van der Waals surface area contributed by atoms with Crippen LogP contribution < -0.4 is 0 Å². The molecule has 0 saturated heterocycles. The zero-order valence-electron chi connectivity index (χ0n) is 23.8. The van der Waals surface area contributed by atoms with E-state index in [0.717, 1.165) is 60.4 Å². The molecule has 0 aliphatic carbocycles. The van der Waals surface area contributed by atoms with Crippen LogP contribution >= 0.6 is 0 Å². The van der Waals surface area contributed by atoms with Crippen molar-refractivity contribution in [2.45, 2.75) is 0 Å². The van der Waals surface area contributed by atoms with Gasteiger partial charge in [0.2, 0.25) is 0 Å². The highest BCUT2D eigenvalue weighted by Crippen LogP contribution is 2.40. The Labute approximate surface area is 256 Å². The first-order chi connectivity index (χ1) is 22.3. The maximum absolute atomic E-state index is 6.48. The van der Waals surface area contributed by atoms with Crippen molar-refractivity contribution in [3.05, 3.63) is 134 Å². The molecule has 4 aromatic carbocycles. The fourth-order valence-electron chi connectivity index (χ4n) is 5.94. The zero-order chi connectivity index (χ0) is 29.7. The third-order valence-electron chi connectivity index (χ3n) is 8.05. The van der Waals surface area contributed by atoms with Crippen LogP contribution in [-0.2, 0) is 0 Å². The van der Waals surface area contributed by atoms with Gasteiger partial charge in [0.05, 0.1) is 11.2 Å². The second kappa shape index (κ2) is 10.1. The first-order valence-electron chi connectivity index (χ1n) is 14.6. The number of rotatable bonds is 4. The van der Waals surface area contributed by atoms with Gasteiger partial charge in [-0.15, -0.1) is 0 Å². The highest BCUT2D eigenvalue weighted by Gasteiger charge is 2.18. The molecule has 0 amide bonds. The standard InChI is InChI=1S/C38H22N6O/c1-3-11-29-27(10-1)33-28(20-19-26-25-9-2-4-14-32(25)45-35(26)33)34(41-29)23-15-17-24(18-16-23)36-42-37(30-12-5-7-21-39-30)44-38(43-36)31-13-6-8-22-40-31/h1-22H. The lowest BCUT2D eigenvalue weighted by Crippen LogP contribution is -2.01. The van der Waals surface area contributed by atoms with Crippen LogP contribution in [0.5, 0.6) is 0 Å². The van der Waals surface area contributed by atoms with Gasteiger partial charge in [0, 0.05) is 50.5 Å². The molecule has 9 rings (SSSR count). The van der Waals surface area contributed by atoms with Crippen molar-refractivity contribution >= 4 is 43.6 Å². The van der Waals surface area contributed by atoms with E-state index in [0.29, 0.717) is 28.9 Å². The molecule has 0 bridgehead atoms. The highest BCUT2D eigenvalue weighted by atomic mass is 16.3. The minimum absolute atomic E-state index is 0.488. The Morgan fingerprint density at radius 2 is 1.02 bits per heavy atom. The van der Waals surface area contributed by atoms with Crippen molar-refractivity contribution < 1.29 is 4.42 Å². The summed E-state index contributed by atoms with van der Waals surface area (Å²) in [5.74, 6) is 1.52. The molecule has 0 spiro atoms. The number of benzene rings is 4. The highest BCUT2D eigenvalue weighted by molar-refractivity contribution is 6.24. The molecule has 9 aromatic rings. The molecular formula is C38H22N6O. The van der Waals surface area contributed by atoms with Gasteiger partial charge in [0.25, 0.3) is 0 Å². The molecule has 5 heterocycles. The molecule has 0 fully saturated rings. The van der Waals surface area contributed by atoms with E-state index in [1.165, 1.54) is 0 Å². The summed E-state index contributed by atoms with van der Waals surface area (Å²) in [6.45, 7) is 0. The van der Waals surface area contributed by atoms with E-state index in [2.05, 4.69) is 52.4 Å². The first kappa shape index (κ1) is 25.2. The Balaban J connectivity index is 1.21. The van der Waals surface area contributed by atoms with Gasteiger partial charge < -0.3 is 4.42 Å². The Bertz CT molecular complexity index is 2470. The summed E-state index contributed by atoms with van der Waals surface area (Å²) in [5, 5.41) is 5.35. The summed E-state index contributed by atoms with van der Waals surface area (Å²) < 4.78 is 6.48.